The summed E-state index contributed by atoms with van der Waals surface area (Å²) in [6.07, 6.45) is 0. The molecule has 4 aromatic rings. The van der Waals surface area contributed by atoms with Gasteiger partial charge in [-0.05, 0) is 61.0 Å². The lowest BCUT2D eigenvalue weighted by Crippen LogP contribution is -2.29. The molecule has 2 aliphatic rings. The number of carbonyl (C=O) groups is 3. The molecular weight excluding hydrogens is 548 g/mol. The van der Waals surface area contributed by atoms with E-state index in [0.29, 0.717) is 53.7 Å². The van der Waals surface area contributed by atoms with Crippen LogP contribution in [-0.4, -0.2) is 54.7 Å². The summed E-state index contributed by atoms with van der Waals surface area (Å²) in [6.45, 7) is 3.12. The van der Waals surface area contributed by atoms with Crippen molar-refractivity contribution in [1.29, 1.82) is 0 Å². The lowest BCUT2D eigenvalue weighted by Gasteiger charge is -2.23. The van der Waals surface area contributed by atoms with Gasteiger partial charge in [0.25, 0.3) is 5.78 Å². The summed E-state index contributed by atoms with van der Waals surface area (Å²) in [7, 11) is 1.28. The van der Waals surface area contributed by atoms with E-state index < -0.39 is 23.7 Å². The molecule has 1 amide bonds. The SMILES string of the molecule is CCOc1ccc2nc(N3C(=O)C(=O)C(=C(O)c4ccc5c(c4)OCCO5)[C@@H]3c3ccc(C(=O)OC)cc3)sc2c1. The number of hydrogen-bond donors (Lipinski definition) is 1. The first-order chi connectivity index (χ1) is 19.9. The molecule has 1 fully saturated rings. The maximum atomic E-state index is 13.6. The summed E-state index contributed by atoms with van der Waals surface area (Å²) >= 11 is 1.23. The molecule has 0 spiro atoms. The molecule has 0 unspecified atom stereocenters. The minimum Gasteiger partial charge on any atom is -0.507 e. The molecule has 0 aliphatic carbocycles. The predicted molar refractivity (Wildman–Crippen MR) is 151 cm³/mol. The second-order valence-electron chi connectivity index (χ2n) is 9.20. The standard InChI is InChI=1S/C30H24N2O8S/c1-3-38-19-9-10-20-23(15-19)41-30(31-20)32-25(16-4-6-17(7-5-16)29(36)37-2)24(27(34)28(32)35)26(33)18-8-11-21-22(14-18)40-13-12-39-21/h4-11,14-15,25,33H,3,12-13H2,1-2H3/t25-/m0/s1. The zero-order chi connectivity index (χ0) is 28.7. The minimum atomic E-state index is -1.03. The Labute approximate surface area is 238 Å². The van der Waals surface area contributed by atoms with E-state index in [1.165, 1.54) is 35.5 Å². The van der Waals surface area contributed by atoms with Crippen LogP contribution in [-0.2, 0) is 14.3 Å². The van der Waals surface area contributed by atoms with Crippen molar-refractivity contribution in [3.05, 3.63) is 82.9 Å². The van der Waals surface area contributed by atoms with Crippen LogP contribution < -0.4 is 19.1 Å². The third-order valence-electron chi connectivity index (χ3n) is 6.77. The van der Waals surface area contributed by atoms with E-state index in [9.17, 15) is 19.5 Å². The maximum Gasteiger partial charge on any atom is 0.337 e. The molecule has 6 rings (SSSR count). The van der Waals surface area contributed by atoms with Gasteiger partial charge in [-0.25, -0.2) is 9.78 Å². The van der Waals surface area contributed by atoms with Crippen molar-refractivity contribution >= 4 is 50.1 Å². The number of aliphatic hydroxyl groups is 1. The number of anilines is 1. The summed E-state index contributed by atoms with van der Waals surface area (Å²) in [6, 6.07) is 15.5. The third-order valence-corrected chi connectivity index (χ3v) is 7.79. The highest BCUT2D eigenvalue weighted by Crippen LogP contribution is 2.45. The maximum absolute atomic E-state index is 13.6. The first kappa shape index (κ1) is 26.3. The number of carbonyl (C=O) groups excluding carboxylic acids is 3. The molecule has 3 heterocycles. The van der Waals surface area contributed by atoms with Crippen molar-refractivity contribution in [1.82, 2.24) is 4.98 Å². The fourth-order valence-corrected chi connectivity index (χ4v) is 5.88. The Bertz CT molecular complexity index is 1730. The number of esters is 1. The topological polar surface area (TPSA) is 124 Å². The third kappa shape index (κ3) is 4.63. The number of ketones is 1. The number of aromatic nitrogens is 1. The molecule has 1 saturated heterocycles. The van der Waals surface area contributed by atoms with Crippen molar-refractivity contribution in [3.63, 3.8) is 0 Å². The van der Waals surface area contributed by atoms with Gasteiger partial charge in [-0.1, -0.05) is 23.5 Å². The first-order valence-electron chi connectivity index (χ1n) is 12.8. The predicted octanol–water partition coefficient (Wildman–Crippen LogP) is 4.88. The average molecular weight is 573 g/mol. The summed E-state index contributed by atoms with van der Waals surface area (Å²) in [5.74, 6) is -1.01. The number of rotatable bonds is 6. The van der Waals surface area contributed by atoms with Gasteiger partial charge in [-0.2, -0.15) is 0 Å². The number of nitrogens with zero attached hydrogens (tertiary/aromatic N) is 2. The van der Waals surface area contributed by atoms with Gasteiger partial charge in [-0.15, -0.1) is 0 Å². The molecular formula is C30H24N2O8S. The molecule has 41 heavy (non-hydrogen) atoms. The number of amides is 1. The van der Waals surface area contributed by atoms with E-state index in [1.54, 1.807) is 42.5 Å². The molecule has 1 N–H and O–H groups in total. The van der Waals surface area contributed by atoms with Gasteiger partial charge in [0.15, 0.2) is 16.6 Å². The Morgan fingerprint density at radius 1 is 1.02 bits per heavy atom. The zero-order valence-corrected chi connectivity index (χ0v) is 22.9. The van der Waals surface area contributed by atoms with Crippen molar-refractivity contribution in [2.75, 3.05) is 31.8 Å². The van der Waals surface area contributed by atoms with Crippen molar-refractivity contribution in [2.24, 2.45) is 0 Å². The summed E-state index contributed by atoms with van der Waals surface area (Å²) in [5, 5.41) is 11.8. The largest absolute Gasteiger partial charge is 0.507 e. The quantitative estimate of drug-likeness (QED) is 0.149. The zero-order valence-electron chi connectivity index (χ0n) is 22.1. The number of fused-ring (bicyclic) bond motifs is 2. The highest BCUT2D eigenvalue weighted by molar-refractivity contribution is 7.22. The van der Waals surface area contributed by atoms with Crippen LogP contribution in [0.2, 0.25) is 0 Å². The normalized spacial score (nSPS) is 17.6. The van der Waals surface area contributed by atoms with E-state index in [1.807, 2.05) is 13.0 Å². The van der Waals surface area contributed by atoms with Gasteiger partial charge in [0.2, 0.25) is 0 Å². The number of benzene rings is 3. The Morgan fingerprint density at radius 3 is 2.49 bits per heavy atom. The number of thiazole rings is 1. The molecule has 3 aromatic carbocycles. The first-order valence-corrected chi connectivity index (χ1v) is 13.6. The van der Waals surface area contributed by atoms with Gasteiger partial charge in [0, 0.05) is 5.56 Å². The molecule has 1 atom stereocenters. The number of methoxy groups -OCH3 is 1. The second kappa shape index (κ2) is 10.6. The van der Waals surface area contributed by atoms with Gasteiger partial charge in [0.05, 0.1) is 41.1 Å². The Morgan fingerprint density at radius 2 is 1.76 bits per heavy atom. The molecule has 0 radical (unpaired) electrons. The Hall–Kier alpha value is -4.90. The summed E-state index contributed by atoms with van der Waals surface area (Å²) < 4.78 is 22.4. The highest BCUT2D eigenvalue weighted by Gasteiger charge is 2.48. The summed E-state index contributed by atoms with van der Waals surface area (Å²) in [5.41, 5.74) is 1.58. The fraction of sp³-hybridized carbons (Fsp3) is 0.200. The second-order valence-corrected chi connectivity index (χ2v) is 10.2. The minimum absolute atomic E-state index is 0.119. The Balaban J connectivity index is 1.50. The van der Waals surface area contributed by atoms with Crippen LogP contribution in [0.15, 0.2) is 66.2 Å². The van der Waals surface area contributed by atoms with Crippen LogP contribution in [0, 0.1) is 0 Å². The van der Waals surface area contributed by atoms with E-state index in [0.717, 1.165) is 4.70 Å². The van der Waals surface area contributed by atoms with Gasteiger partial charge < -0.3 is 24.1 Å². The monoisotopic (exact) mass is 572 g/mol. The number of hydrogen-bond acceptors (Lipinski definition) is 10. The van der Waals surface area contributed by atoms with E-state index >= 15 is 0 Å². The molecule has 208 valence electrons. The van der Waals surface area contributed by atoms with Crippen LogP contribution >= 0.6 is 11.3 Å². The van der Waals surface area contributed by atoms with Crippen LogP contribution in [0.3, 0.4) is 0 Å². The van der Waals surface area contributed by atoms with Crippen molar-refractivity contribution in [3.8, 4) is 17.2 Å². The average Bonchev–Trinajstić information content (AvgIpc) is 3.53. The van der Waals surface area contributed by atoms with Gasteiger partial charge in [0.1, 0.15) is 24.7 Å². The van der Waals surface area contributed by atoms with Crippen LogP contribution in [0.25, 0.3) is 16.0 Å². The number of Topliss-reactive ketones (excluding diaryl/α,β-unsaturated/α-hetero) is 1. The lowest BCUT2D eigenvalue weighted by molar-refractivity contribution is -0.132. The number of aliphatic hydroxyl groups excluding tert-OH is 1. The van der Waals surface area contributed by atoms with E-state index in [4.69, 9.17) is 18.9 Å². The molecule has 1 aromatic heterocycles. The highest BCUT2D eigenvalue weighted by atomic mass is 32.1. The van der Waals surface area contributed by atoms with Gasteiger partial charge in [-0.3, -0.25) is 14.5 Å². The summed E-state index contributed by atoms with van der Waals surface area (Å²) in [4.78, 5) is 45.1. The lowest BCUT2D eigenvalue weighted by atomic mass is 9.94. The van der Waals surface area contributed by atoms with Crippen molar-refractivity contribution < 1.29 is 38.4 Å². The number of ether oxygens (including phenoxy) is 4. The molecule has 0 saturated carbocycles. The fourth-order valence-electron chi connectivity index (χ4n) is 4.86. The van der Waals surface area contributed by atoms with Crippen LogP contribution in [0.4, 0.5) is 5.13 Å². The van der Waals surface area contributed by atoms with Crippen molar-refractivity contribution in [2.45, 2.75) is 13.0 Å². The van der Waals surface area contributed by atoms with E-state index in [2.05, 4.69) is 4.98 Å². The molecule has 2 aliphatic heterocycles. The smallest absolute Gasteiger partial charge is 0.337 e. The van der Waals surface area contributed by atoms with Crippen LogP contribution in [0.5, 0.6) is 17.2 Å². The van der Waals surface area contributed by atoms with Crippen LogP contribution in [0.1, 0.15) is 34.5 Å². The Kier molecular flexibility index (Phi) is 6.80. The van der Waals surface area contributed by atoms with E-state index in [-0.39, 0.29) is 22.0 Å². The molecule has 10 nitrogen and oxygen atoms in total. The molecule has 11 heteroatoms. The van der Waals surface area contributed by atoms with Gasteiger partial charge >= 0.3 is 11.9 Å². The molecule has 0 bridgehead atoms.